The molecule has 0 radical (unpaired) electrons. The standard InChI is InChI=1S/C17H23NO2/c1-2-3-4-5-6-10-18-11-9-14-7-8-15(17(19)20)12-16(14)13-18/h2,7-8,12H,1,3-6,9-11,13H2,(H,19,20). The highest BCUT2D eigenvalue weighted by Crippen LogP contribution is 2.21. The summed E-state index contributed by atoms with van der Waals surface area (Å²) in [7, 11) is 0. The van der Waals surface area contributed by atoms with Gasteiger partial charge in [-0.25, -0.2) is 4.79 Å². The third-order valence-electron chi connectivity index (χ3n) is 3.93. The van der Waals surface area contributed by atoms with Crippen molar-refractivity contribution in [2.24, 2.45) is 0 Å². The number of fused-ring (bicyclic) bond motifs is 1. The number of aromatic carboxylic acids is 1. The van der Waals surface area contributed by atoms with Crippen LogP contribution in [0.3, 0.4) is 0 Å². The fourth-order valence-corrected chi connectivity index (χ4v) is 2.74. The van der Waals surface area contributed by atoms with Gasteiger partial charge < -0.3 is 5.11 Å². The number of carboxylic acids is 1. The summed E-state index contributed by atoms with van der Waals surface area (Å²) in [6.45, 7) is 6.81. The average molecular weight is 273 g/mol. The van der Waals surface area contributed by atoms with E-state index in [1.807, 2.05) is 18.2 Å². The van der Waals surface area contributed by atoms with Crippen LogP contribution in [0.5, 0.6) is 0 Å². The van der Waals surface area contributed by atoms with E-state index in [-0.39, 0.29) is 0 Å². The van der Waals surface area contributed by atoms with Crippen molar-refractivity contribution in [2.45, 2.75) is 38.6 Å². The maximum Gasteiger partial charge on any atom is 0.335 e. The zero-order valence-corrected chi connectivity index (χ0v) is 12.0. The van der Waals surface area contributed by atoms with Crippen molar-refractivity contribution in [3.05, 3.63) is 47.5 Å². The van der Waals surface area contributed by atoms with Gasteiger partial charge in [0.15, 0.2) is 0 Å². The zero-order chi connectivity index (χ0) is 14.4. The molecule has 0 amide bonds. The Morgan fingerprint density at radius 3 is 2.90 bits per heavy atom. The monoisotopic (exact) mass is 273 g/mol. The Bertz CT molecular complexity index is 482. The Hall–Kier alpha value is -1.61. The Morgan fingerprint density at radius 2 is 2.15 bits per heavy atom. The van der Waals surface area contributed by atoms with Gasteiger partial charge in [0.2, 0.25) is 0 Å². The predicted molar refractivity (Wildman–Crippen MR) is 81.0 cm³/mol. The van der Waals surface area contributed by atoms with Crippen LogP contribution >= 0.6 is 0 Å². The molecule has 0 bridgehead atoms. The Morgan fingerprint density at radius 1 is 1.30 bits per heavy atom. The number of carbonyl (C=O) groups is 1. The van der Waals surface area contributed by atoms with Crippen LogP contribution in [-0.2, 0) is 13.0 Å². The molecule has 0 spiro atoms. The quantitative estimate of drug-likeness (QED) is 0.610. The summed E-state index contributed by atoms with van der Waals surface area (Å²) in [5.41, 5.74) is 2.89. The first-order valence-electron chi connectivity index (χ1n) is 7.39. The summed E-state index contributed by atoms with van der Waals surface area (Å²) in [6.07, 6.45) is 7.78. The molecule has 0 saturated carbocycles. The molecule has 0 unspecified atom stereocenters. The topological polar surface area (TPSA) is 40.5 Å². The average Bonchev–Trinajstić information content (AvgIpc) is 2.46. The van der Waals surface area contributed by atoms with Gasteiger partial charge in [-0.15, -0.1) is 6.58 Å². The van der Waals surface area contributed by atoms with E-state index in [9.17, 15) is 4.79 Å². The second kappa shape index (κ2) is 7.25. The number of nitrogens with zero attached hydrogens (tertiary/aromatic N) is 1. The first-order chi connectivity index (χ1) is 9.70. The van der Waals surface area contributed by atoms with Gasteiger partial charge in [-0.1, -0.05) is 18.6 Å². The fraction of sp³-hybridized carbons (Fsp3) is 0.471. The Balaban J connectivity index is 1.87. The van der Waals surface area contributed by atoms with Crippen molar-refractivity contribution >= 4 is 5.97 Å². The van der Waals surface area contributed by atoms with Gasteiger partial charge in [0.25, 0.3) is 0 Å². The maximum absolute atomic E-state index is 11.0. The van der Waals surface area contributed by atoms with E-state index in [2.05, 4.69) is 11.5 Å². The van der Waals surface area contributed by atoms with Crippen molar-refractivity contribution in [3.63, 3.8) is 0 Å². The lowest BCUT2D eigenvalue weighted by Gasteiger charge is -2.28. The molecule has 0 fully saturated rings. The van der Waals surface area contributed by atoms with Crippen molar-refractivity contribution in [3.8, 4) is 0 Å². The molecule has 0 saturated heterocycles. The minimum atomic E-state index is -0.839. The molecule has 0 atom stereocenters. The van der Waals surface area contributed by atoms with E-state index in [0.29, 0.717) is 5.56 Å². The van der Waals surface area contributed by atoms with Gasteiger partial charge in [-0.3, -0.25) is 4.90 Å². The molecule has 3 nitrogen and oxygen atoms in total. The van der Waals surface area contributed by atoms with Crippen LogP contribution in [0.25, 0.3) is 0 Å². The molecule has 20 heavy (non-hydrogen) atoms. The number of hydrogen-bond acceptors (Lipinski definition) is 2. The van der Waals surface area contributed by atoms with E-state index >= 15 is 0 Å². The highest BCUT2D eigenvalue weighted by molar-refractivity contribution is 5.87. The van der Waals surface area contributed by atoms with Crippen LogP contribution in [0.15, 0.2) is 30.9 Å². The van der Waals surface area contributed by atoms with Crippen molar-refractivity contribution in [1.82, 2.24) is 4.90 Å². The Labute approximate surface area is 120 Å². The Kier molecular flexibility index (Phi) is 5.36. The largest absolute Gasteiger partial charge is 0.478 e. The molecule has 0 aromatic heterocycles. The molecule has 2 rings (SSSR count). The zero-order valence-electron chi connectivity index (χ0n) is 12.0. The number of unbranched alkanes of at least 4 members (excludes halogenated alkanes) is 3. The smallest absolute Gasteiger partial charge is 0.335 e. The normalized spacial score (nSPS) is 14.8. The van der Waals surface area contributed by atoms with Crippen LogP contribution in [0.1, 0.15) is 47.2 Å². The van der Waals surface area contributed by atoms with Gasteiger partial charge >= 0.3 is 5.97 Å². The number of benzene rings is 1. The second-order valence-electron chi connectivity index (χ2n) is 5.45. The number of allylic oxidation sites excluding steroid dienone is 1. The molecule has 1 aliphatic rings. The van der Waals surface area contributed by atoms with Crippen molar-refractivity contribution < 1.29 is 9.90 Å². The van der Waals surface area contributed by atoms with E-state index in [4.69, 9.17) is 5.11 Å². The van der Waals surface area contributed by atoms with E-state index in [1.165, 1.54) is 30.4 Å². The number of rotatable bonds is 7. The molecule has 1 heterocycles. The maximum atomic E-state index is 11.0. The van der Waals surface area contributed by atoms with E-state index in [1.54, 1.807) is 6.07 Å². The summed E-state index contributed by atoms with van der Waals surface area (Å²) in [5.74, 6) is -0.839. The highest BCUT2D eigenvalue weighted by Gasteiger charge is 2.17. The van der Waals surface area contributed by atoms with Crippen molar-refractivity contribution in [1.29, 1.82) is 0 Å². The summed E-state index contributed by atoms with van der Waals surface area (Å²) in [4.78, 5) is 13.5. The minimum Gasteiger partial charge on any atom is -0.478 e. The van der Waals surface area contributed by atoms with Gasteiger partial charge in [0, 0.05) is 13.1 Å². The lowest BCUT2D eigenvalue weighted by molar-refractivity contribution is 0.0696. The van der Waals surface area contributed by atoms with Crippen LogP contribution in [-0.4, -0.2) is 29.1 Å². The molecule has 1 aromatic carbocycles. The van der Waals surface area contributed by atoms with Crippen LogP contribution < -0.4 is 0 Å². The summed E-state index contributed by atoms with van der Waals surface area (Å²) >= 11 is 0. The predicted octanol–water partition coefficient (Wildman–Crippen LogP) is 3.49. The SMILES string of the molecule is C=CCCCCCN1CCc2ccc(C(=O)O)cc2C1. The third-order valence-corrected chi connectivity index (χ3v) is 3.93. The lowest BCUT2D eigenvalue weighted by Crippen LogP contribution is -2.31. The molecule has 108 valence electrons. The van der Waals surface area contributed by atoms with Crippen LogP contribution in [0, 0.1) is 0 Å². The molecule has 0 aliphatic carbocycles. The number of carboxylic acid groups (broad SMARTS) is 1. The molecular weight excluding hydrogens is 250 g/mol. The van der Waals surface area contributed by atoms with Gasteiger partial charge in [0.1, 0.15) is 0 Å². The highest BCUT2D eigenvalue weighted by atomic mass is 16.4. The summed E-state index contributed by atoms with van der Waals surface area (Å²) in [6, 6.07) is 5.52. The molecule has 1 N–H and O–H groups in total. The van der Waals surface area contributed by atoms with E-state index in [0.717, 1.165) is 32.5 Å². The third kappa shape index (κ3) is 3.94. The molecule has 1 aromatic rings. The van der Waals surface area contributed by atoms with Crippen molar-refractivity contribution in [2.75, 3.05) is 13.1 Å². The van der Waals surface area contributed by atoms with Crippen LogP contribution in [0.4, 0.5) is 0 Å². The summed E-state index contributed by atoms with van der Waals surface area (Å²) < 4.78 is 0. The first kappa shape index (κ1) is 14.8. The van der Waals surface area contributed by atoms with Gasteiger partial charge in [-0.05, 0) is 55.5 Å². The summed E-state index contributed by atoms with van der Waals surface area (Å²) in [5, 5.41) is 9.05. The molecule has 3 heteroatoms. The number of hydrogen-bond donors (Lipinski definition) is 1. The van der Waals surface area contributed by atoms with Crippen LogP contribution in [0.2, 0.25) is 0 Å². The fourth-order valence-electron chi connectivity index (χ4n) is 2.74. The molecular formula is C17H23NO2. The van der Waals surface area contributed by atoms with Gasteiger partial charge in [0.05, 0.1) is 5.56 Å². The van der Waals surface area contributed by atoms with Gasteiger partial charge in [-0.2, -0.15) is 0 Å². The second-order valence-corrected chi connectivity index (χ2v) is 5.45. The lowest BCUT2D eigenvalue weighted by atomic mass is 9.97. The van der Waals surface area contributed by atoms with E-state index < -0.39 is 5.97 Å². The first-order valence-corrected chi connectivity index (χ1v) is 7.39. The molecule has 1 aliphatic heterocycles. The minimum absolute atomic E-state index is 0.400.